The van der Waals surface area contributed by atoms with Gasteiger partial charge in [0.05, 0.1) is 6.54 Å². The second-order valence-electron chi connectivity index (χ2n) is 4.86. The molecular formula is C14H20N4O2. The molecule has 0 spiro atoms. The Bertz CT molecular complexity index is 504. The summed E-state index contributed by atoms with van der Waals surface area (Å²) in [6, 6.07) is 3.74. The summed E-state index contributed by atoms with van der Waals surface area (Å²) in [6.45, 7) is 3.45. The lowest BCUT2D eigenvalue weighted by atomic mass is 10.2. The van der Waals surface area contributed by atoms with Gasteiger partial charge in [0.15, 0.2) is 0 Å². The van der Waals surface area contributed by atoms with Crippen LogP contribution in [0, 0.1) is 0 Å². The number of piperazine rings is 1. The lowest BCUT2D eigenvalue weighted by Gasteiger charge is -2.33. The Morgan fingerprint density at radius 3 is 2.65 bits per heavy atom. The predicted molar refractivity (Wildman–Crippen MR) is 76.1 cm³/mol. The van der Waals surface area contributed by atoms with Crippen molar-refractivity contribution in [1.82, 2.24) is 14.8 Å². The van der Waals surface area contributed by atoms with Crippen LogP contribution in [0.1, 0.15) is 18.9 Å². The first-order valence-corrected chi connectivity index (χ1v) is 6.82. The van der Waals surface area contributed by atoms with Crippen molar-refractivity contribution in [2.24, 2.45) is 0 Å². The molecule has 1 fully saturated rings. The summed E-state index contributed by atoms with van der Waals surface area (Å²) >= 11 is 0. The highest BCUT2D eigenvalue weighted by molar-refractivity contribution is 5.92. The summed E-state index contributed by atoms with van der Waals surface area (Å²) < 4.78 is 0. The SMILES string of the molecule is CCCN1CC(=O)N(Cc2ccnc(NC)c2)CC1=O. The maximum absolute atomic E-state index is 12.1. The molecule has 6 nitrogen and oxygen atoms in total. The molecule has 0 aromatic carbocycles. The fraction of sp³-hybridized carbons (Fsp3) is 0.500. The number of amides is 2. The van der Waals surface area contributed by atoms with Gasteiger partial charge in [-0.1, -0.05) is 6.92 Å². The predicted octanol–water partition coefficient (Wildman–Crippen LogP) is 0.704. The van der Waals surface area contributed by atoms with Crippen LogP contribution < -0.4 is 5.32 Å². The smallest absolute Gasteiger partial charge is 0.242 e. The monoisotopic (exact) mass is 276 g/mol. The summed E-state index contributed by atoms with van der Waals surface area (Å²) in [7, 11) is 1.80. The molecule has 1 aliphatic rings. The highest BCUT2D eigenvalue weighted by Crippen LogP contribution is 2.13. The van der Waals surface area contributed by atoms with Gasteiger partial charge in [-0.3, -0.25) is 9.59 Å². The van der Waals surface area contributed by atoms with Gasteiger partial charge in [-0.25, -0.2) is 4.98 Å². The molecule has 0 atom stereocenters. The number of pyridine rings is 1. The van der Waals surface area contributed by atoms with Gasteiger partial charge in [0.2, 0.25) is 11.8 Å². The zero-order valence-corrected chi connectivity index (χ0v) is 11.9. The summed E-state index contributed by atoms with van der Waals surface area (Å²) in [5, 5.41) is 2.96. The molecule has 1 N–H and O–H groups in total. The van der Waals surface area contributed by atoms with Crippen molar-refractivity contribution < 1.29 is 9.59 Å². The molecule has 0 radical (unpaired) electrons. The molecule has 2 amide bonds. The Balaban J connectivity index is 2.03. The number of rotatable bonds is 5. The van der Waals surface area contributed by atoms with Gasteiger partial charge in [-0.15, -0.1) is 0 Å². The fourth-order valence-corrected chi connectivity index (χ4v) is 2.25. The van der Waals surface area contributed by atoms with Crippen molar-refractivity contribution in [1.29, 1.82) is 0 Å². The summed E-state index contributed by atoms with van der Waals surface area (Å²) in [4.78, 5) is 31.4. The largest absolute Gasteiger partial charge is 0.373 e. The number of hydrogen-bond acceptors (Lipinski definition) is 4. The minimum Gasteiger partial charge on any atom is -0.373 e. The third-order valence-corrected chi connectivity index (χ3v) is 3.31. The molecule has 6 heteroatoms. The highest BCUT2D eigenvalue weighted by atomic mass is 16.2. The van der Waals surface area contributed by atoms with E-state index in [-0.39, 0.29) is 24.9 Å². The van der Waals surface area contributed by atoms with E-state index in [0.717, 1.165) is 17.8 Å². The van der Waals surface area contributed by atoms with Crippen molar-refractivity contribution in [3.05, 3.63) is 23.9 Å². The molecule has 108 valence electrons. The van der Waals surface area contributed by atoms with Crippen LogP contribution in [0.2, 0.25) is 0 Å². The van der Waals surface area contributed by atoms with Crippen LogP contribution in [-0.2, 0) is 16.1 Å². The van der Waals surface area contributed by atoms with Crippen molar-refractivity contribution >= 4 is 17.6 Å². The number of nitrogens with one attached hydrogen (secondary N) is 1. The normalized spacial score (nSPS) is 15.7. The number of aromatic nitrogens is 1. The molecule has 1 aliphatic heterocycles. The van der Waals surface area contributed by atoms with Gasteiger partial charge < -0.3 is 15.1 Å². The average Bonchev–Trinajstić information content (AvgIpc) is 2.45. The average molecular weight is 276 g/mol. The molecule has 1 aromatic rings. The van der Waals surface area contributed by atoms with Crippen molar-refractivity contribution in [2.45, 2.75) is 19.9 Å². The molecule has 0 saturated carbocycles. The maximum Gasteiger partial charge on any atom is 0.242 e. The summed E-state index contributed by atoms with van der Waals surface area (Å²) in [6.07, 6.45) is 2.57. The molecule has 0 aliphatic carbocycles. The Morgan fingerprint density at radius 2 is 1.95 bits per heavy atom. The second kappa shape index (κ2) is 6.36. The Morgan fingerprint density at radius 1 is 1.25 bits per heavy atom. The lowest BCUT2D eigenvalue weighted by Crippen LogP contribution is -2.53. The quantitative estimate of drug-likeness (QED) is 0.860. The standard InChI is InChI=1S/C14H20N4O2/c1-3-6-17-9-14(20)18(10-13(17)19)8-11-4-5-16-12(7-11)15-2/h4-5,7H,3,6,8-10H2,1-2H3,(H,15,16). The Labute approximate surface area is 118 Å². The molecule has 0 bridgehead atoms. The fourth-order valence-electron chi connectivity index (χ4n) is 2.25. The van der Waals surface area contributed by atoms with E-state index < -0.39 is 0 Å². The third-order valence-electron chi connectivity index (χ3n) is 3.31. The van der Waals surface area contributed by atoms with E-state index >= 15 is 0 Å². The lowest BCUT2D eigenvalue weighted by molar-refractivity contribution is -0.150. The van der Waals surface area contributed by atoms with Gasteiger partial charge in [0, 0.05) is 26.3 Å². The molecule has 2 rings (SSSR count). The van der Waals surface area contributed by atoms with Crippen LogP contribution in [0.25, 0.3) is 0 Å². The van der Waals surface area contributed by atoms with E-state index in [9.17, 15) is 9.59 Å². The maximum atomic E-state index is 12.1. The van der Waals surface area contributed by atoms with Gasteiger partial charge in [0.25, 0.3) is 0 Å². The number of carbonyl (C=O) groups excluding carboxylic acids is 2. The van der Waals surface area contributed by atoms with E-state index in [4.69, 9.17) is 0 Å². The minimum absolute atomic E-state index is 0.000805. The van der Waals surface area contributed by atoms with Crippen LogP contribution >= 0.6 is 0 Å². The number of anilines is 1. The van der Waals surface area contributed by atoms with Crippen LogP contribution in [-0.4, -0.2) is 53.3 Å². The van der Waals surface area contributed by atoms with E-state index in [1.165, 1.54) is 0 Å². The molecule has 0 unspecified atom stereocenters. The third kappa shape index (κ3) is 3.26. The molecule has 2 heterocycles. The van der Waals surface area contributed by atoms with E-state index in [2.05, 4.69) is 10.3 Å². The van der Waals surface area contributed by atoms with E-state index in [0.29, 0.717) is 13.1 Å². The molecule has 1 saturated heterocycles. The van der Waals surface area contributed by atoms with Gasteiger partial charge in [-0.05, 0) is 24.1 Å². The zero-order chi connectivity index (χ0) is 14.5. The topological polar surface area (TPSA) is 65.5 Å². The number of carbonyl (C=O) groups is 2. The van der Waals surface area contributed by atoms with Crippen molar-refractivity contribution in [3.63, 3.8) is 0 Å². The van der Waals surface area contributed by atoms with Crippen LogP contribution in [0.15, 0.2) is 18.3 Å². The summed E-state index contributed by atoms with van der Waals surface area (Å²) in [5.74, 6) is 0.779. The zero-order valence-electron chi connectivity index (χ0n) is 11.9. The van der Waals surface area contributed by atoms with Crippen molar-refractivity contribution in [2.75, 3.05) is 32.0 Å². The van der Waals surface area contributed by atoms with Crippen LogP contribution in [0.3, 0.4) is 0 Å². The Hall–Kier alpha value is -2.11. The minimum atomic E-state index is 0.000805. The van der Waals surface area contributed by atoms with Gasteiger partial charge in [-0.2, -0.15) is 0 Å². The number of nitrogens with zero attached hydrogens (tertiary/aromatic N) is 3. The molecule has 20 heavy (non-hydrogen) atoms. The first kappa shape index (κ1) is 14.3. The highest BCUT2D eigenvalue weighted by Gasteiger charge is 2.29. The van der Waals surface area contributed by atoms with Gasteiger partial charge in [0.1, 0.15) is 12.4 Å². The van der Waals surface area contributed by atoms with Crippen molar-refractivity contribution in [3.8, 4) is 0 Å². The first-order chi connectivity index (χ1) is 9.63. The molecular weight excluding hydrogens is 256 g/mol. The summed E-state index contributed by atoms with van der Waals surface area (Å²) in [5.41, 5.74) is 0.967. The second-order valence-corrected chi connectivity index (χ2v) is 4.86. The van der Waals surface area contributed by atoms with Crippen LogP contribution in [0.5, 0.6) is 0 Å². The molecule has 1 aromatic heterocycles. The Kier molecular flexibility index (Phi) is 4.55. The first-order valence-electron chi connectivity index (χ1n) is 6.82. The van der Waals surface area contributed by atoms with Gasteiger partial charge >= 0.3 is 0 Å². The van der Waals surface area contributed by atoms with Crippen LogP contribution in [0.4, 0.5) is 5.82 Å². The van der Waals surface area contributed by atoms with E-state index in [1.54, 1.807) is 23.0 Å². The number of hydrogen-bond donors (Lipinski definition) is 1. The van der Waals surface area contributed by atoms with E-state index in [1.807, 2.05) is 19.1 Å².